The molecule has 6 nitrogen and oxygen atoms in total. The molecule has 172 valence electrons. The van der Waals surface area contributed by atoms with Crippen LogP contribution in [0.25, 0.3) is 0 Å². The molecular formula is C27H25ClN4O2. The van der Waals surface area contributed by atoms with E-state index in [0.717, 1.165) is 5.56 Å². The normalized spacial score (nSPS) is 23.4. The van der Waals surface area contributed by atoms with Crippen LogP contribution in [0.1, 0.15) is 37.8 Å². The number of nitrogens with two attached hydrogens (primary N) is 1. The topological polar surface area (TPSA) is 90.4 Å². The summed E-state index contributed by atoms with van der Waals surface area (Å²) in [5.41, 5.74) is 8.73. The van der Waals surface area contributed by atoms with E-state index >= 15 is 0 Å². The summed E-state index contributed by atoms with van der Waals surface area (Å²) in [6, 6.07) is 15.1. The fourth-order valence-corrected chi connectivity index (χ4v) is 5.85. The third kappa shape index (κ3) is 2.74. The number of nitrogens with zero attached hydrogens (tertiary/aromatic N) is 3. The number of hydrogen-bond donors (Lipinski definition) is 1. The van der Waals surface area contributed by atoms with E-state index < -0.39 is 5.41 Å². The van der Waals surface area contributed by atoms with E-state index in [4.69, 9.17) is 17.3 Å². The molecule has 1 amide bonds. The Balaban J connectivity index is 1.91. The lowest BCUT2D eigenvalue weighted by molar-refractivity contribution is -0.124. The van der Waals surface area contributed by atoms with Gasteiger partial charge >= 0.3 is 0 Å². The Hall–Kier alpha value is -3.56. The number of benzene rings is 2. The van der Waals surface area contributed by atoms with E-state index in [2.05, 4.69) is 6.07 Å². The maximum absolute atomic E-state index is 14.0. The maximum Gasteiger partial charge on any atom is 0.247 e. The van der Waals surface area contributed by atoms with Crippen molar-refractivity contribution in [1.29, 1.82) is 5.26 Å². The van der Waals surface area contributed by atoms with Crippen molar-refractivity contribution in [1.82, 2.24) is 0 Å². The average Bonchev–Trinajstić information content (AvgIpc) is 2.98. The standard InChI is InChI=1S/C27H25ClN4O2/c1-15-9-10-16(11-19(15)28)32-21-12-26(2,3)13-22(33)23(21)27(18(14-29)24(32)30)17-7-5-6-8-20(17)31(4)25(27)34/h5-11H,12-13,30H2,1-4H3/t27-/m0/s1. The van der Waals surface area contributed by atoms with E-state index in [1.165, 1.54) is 4.90 Å². The molecular weight excluding hydrogens is 448 g/mol. The van der Waals surface area contributed by atoms with Gasteiger partial charge in [0.05, 0.1) is 5.57 Å². The van der Waals surface area contributed by atoms with Crippen molar-refractivity contribution in [3.63, 3.8) is 0 Å². The lowest BCUT2D eigenvalue weighted by Crippen LogP contribution is -2.53. The van der Waals surface area contributed by atoms with Crippen molar-refractivity contribution in [3.05, 3.63) is 81.3 Å². The molecule has 5 rings (SSSR count). The number of fused-ring (bicyclic) bond motifs is 3. The molecule has 0 fully saturated rings. The fraction of sp³-hybridized carbons (Fsp3) is 0.296. The molecule has 2 heterocycles. The van der Waals surface area contributed by atoms with E-state index in [1.54, 1.807) is 18.0 Å². The molecule has 2 aromatic carbocycles. The molecule has 2 aromatic rings. The predicted molar refractivity (Wildman–Crippen MR) is 132 cm³/mol. The van der Waals surface area contributed by atoms with Crippen LogP contribution in [-0.4, -0.2) is 18.7 Å². The monoisotopic (exact) mass is 472 g/mol. The van der Waals surface area contributed by atoms with E-state index in [1.807, 2.05) is 57.2 Å². The molecule has 0 bridgehead atoms. The number of carbonyl (C=O) groups excluding carboxylic acids is 2. The van der Waals surface area contributed by atoms with Crippen LogP contribution in [0, 0.1) is 23.7 Å². The lowest BCUT2D eigenvalue weighted by Gasteiger charge is -2.47. The van der Waals surface area contributed by atoms with Gasteiger partial charge in [0.2, 0.25) is 5.91 Å². The molecule has 0 aromatic heterocycles. The van der Waals surface area contributed by atoms with Gasteiger partial charge in [0.1, 0.15) is 17.3 Å². The first kappa shape index (κ1) is 22.2. The number of allylic oxidation sites excluding steroid dienone is 1. The minimum atomic E-state index is -1.56. The van der Waals surface area contributed by atoms with Crippen LogP contribution < -0.4 is 15.5 Å². The summed E-state index contributed by atoms with van der Waals surface area (Å²) in [6.45, 7) is 5.95. The highest BCUT2D eigenvalue weighted by Gasteiger charge is 2.62. The molecule has 1 atom stereocenters. The first-order valence-electron chi connectivity index (χ1n) is 11.2. The van der Waals surface area contributed by atoms with Crippen LogP contribution in [0.3, 0.4) is 0 Å². The molecule has 1 spiro atoms. The molecule has 0 saturated heterocycles. The average molecular weight is 473 g/mol. The van der Waals surface area contributed by atoms with Crippen LogP contribution in [-0.2, 0) is 15.0 Å². The van der Waals surface area contributed by atoms with Gasteiger partial charge in [0, 0.05) is 46.7 Å². The number of halogens is 1. The van der Waals surface area contributed by atoms with Gasteiger partial charge in [-0.2, -0.15) is 5.26 Å². The molecule has 7 heteroatoms. The number of likely N-dealkylation sites (N-methyl/N-ethyl adjacent to an activating group) is 1. The second-order valence-corrected chi connectivity index (χ2v) is 10.4. The first-order chi connectivity index (χ1) is 16.0. The molecule has 1 aliphatic carbocycles. The van der Waals surface area contributed by atoms with Gasteiger partial charge in [0.25, 0.3) is 0 Å². The van der Waals surface area contributed by atoms with Crippen molar-refractivity contribution in [2.75, 3.05) is 16.8 Å². The van der Waals surface area contributed by atoms with Crippen LogP contribution in [0.4, 0.5) is 11.4 Å². The first-order valence-corrected chi connectivity index (χ1v) is 11.5. The van der Waals surface area contributed by atoms with Crippen LogP contribution in [0.15, 0.2) is 65.1 Å². The summed E-state index contributed by atoms with van der Waals surface area (Å²) in [5, 5.41) is 11.0. The highest BCUT2D eigenvalue weighted by molar-refractivity contribution is 6.31. The van der Waals surface area contributed by atoms with Crippen LogP contribution >= 0.6 is 11.6 Å². The Morgan fingerprint density at radius 2 is 1.82 bits per heavy atom. The van der Waals surface area contributed by atoms with Gasteiger partial charge in [-0.15, -0.1) is 0 Å². The van der Waals surface area contributed by atoms with Gasteiger partial charge in [-0.25, -0.2) is 0 Å². The number of aryl methyl sites for hydroxylation is 1. The van der Waals surface area contributed by atoms with E-state index in [9.17, 15) is 14.9 Å². The SMILES string of the molecule is Cc1ccc(N2C(N)=C(C#N)[C@]3(C(=O)N(C)c4ccccc43)C3=C2CC(C)(C)CC3=O)cc1Cl. The number of hydrogen-bond acceptors (Lipinski definition) is 5. The van der Waals surface area contributed by atoms with E-state index in [-0.39, 0.29) is 34.9 Å². The number of anilines is 2. The zero-order valence-corrected chi connectivity index (χ0v) is 20.3. The van der Waals surface area contributed by atoms with Crippen LogP contribution in [0.2, 0.25) is 5.02 Å². The lowest BCUT2D eigenvalue weighted by atomic mass is 9.60. The highest BCUT2D eigenvalue weighted by atomic mass is 35.5. The fourth-order valence-electron chi connectivity index (χ4n) is 5.68. The van der Waals surface area contributed by atoms with Crippen molar-refractivity contribution < 1.29 is 9.59 Å². The summed E-state index contributed by atoms with van der Waals surface area (Å²) in [6.07, 6.45) is 0.785. The van der Waals surface area contributed by atoms with Gasteiger partial charge in [-0.1, -0.05) is 49.7 Å². The summed E-state index contributed by atoms with van der Waals surface area (Å²) in [7, 11) is 1.67. The Morgan fingerprint density at radius 3 is 2.50 bits per heavy atom. The summed E-state index contributed by atoms with van der Waals surface area (Å²) in [4.78, 5) is 31.2. The van der Waals surface area contributed by atoms with Crippen molar-refractivity contribution >= 4 is 34.7 Å². The zero-order valence-electron chi connectivity index (χ0n) is 19.6. The van der Waals surface area contributed by atoms with Crippen LogP contribution in [0.5, 0.6) is 0 Å². The predicted octanol–water partition coefficient (Wildman–Crippen LogP) is 4.72. The molecule has 0 saturated carbocycles. The third-order valence-electron chi connectivity index (χ3n) is 7.19. The highest BCUT2D eigenvalue weighted by Crippen LogP contribution is 2.58. The smallest absolute Gasteiger partial charge is 0.247 e. The number of nitriles is 1. The number of carbonyl (C=O) groups is 2. The Morgan fingerprint density at radius 1 is 1.12 bits per heavy atom. The quantitative estimate of drug-likeness (QED) is 0.648. The Bertz CT molecular complexity index is 1400. The number of amides is 1. The van der Waals surface area contributed by atoms with Gasteiger partial charge in [-0.05, 0) is 42.5 Å². The second kappa shape index (κ2) is 7.22. The van der Waals surface area contributed by atoms with E-state index in [0.29, 0.717) is 39.7 Å². The summed E-state index contributed by atoms with van der Waals surface area (Å²) < 4.78 is 0. The Kier molecular flexibility index (Phi) is 4.72. The van der Waals surface area contributed by atoms with Crippen molar-refractivity contribution in [2.45, 2.75) is 39.0 Å². The molecule has 2 N–H and O–H groups in total. The summed E-state index contributed by atoms with van der Waals surface area (Å²) in [5.74, 6) is -0.339. The van der Waals surface area contributed by atoms with Crippen molar-refractivity contribution in [2.24, 2.45) is 11.1 Å². The molecule has 0 unspecified atom stereocenters. The maximum atomic E-state index is 14.0. The number of Topliss-reactive ketones (excluding diaryl/α,β-unsaturated/α-hetero) is 1. The summed E-state index contributed by atoms with van der Waals surface area (Å²) >= 11 is 6.45. The number of rotatable bonds is 1. The molecule has 2 aliphatic heterocycles. The molecule has 34 heavy (non-hydrogen) atoms. The third-order valence-corrected chi connectivity index (χ3v) is 7.60. The molecule has 0 radical (unpaired) electrons. The zero-order chi connectivity index (χ0) is 24.6. The largest absolute Gasteiger partial charge is 0.384 e. The second-order valence-electron chi connectivity index (χ2n) is 10.0. The van der Waals surface area contributed by atoms with Gasteiger partial charge < -0.3 is 10.6 Å². The number of para-hydroxylation sites is 1. The van der Waals surface area contributed by atoms with Gasteiger partial charge in [-0.3, -0.25) is 14.5 Å². The minimum Gasteiger partial charge on any atom is -0.384 e. The number of ketones is 1. The minimum absolute atomic E-state index is 0.0674. The van der Waals surface area contributed by atoms with Crippen molar-refractivity contribution in [3.8, 4) is 6.07 Å². The molecule has 3 aliphatic rings. The van der Waals surface area contributed by atoms with Gasteiger partial charge in [0.15, 0.2) is 5.78 Å². The Labute approximate surface area is 203 Å².